The first kappa shape index (κ1) is 15.2. The Labute approximate surface area is 123 Å². The van der Waals surface area contributed by atoms with E-state index in [1.54, 1.807) is 0 Å². The number of hydrogen-bond acceptors (Lipinski definition) is 4. The first-order valence-electron chi connectivity index (χ1n) is 7.95. The van der Waals surface area contributed by atoms with Crippen LogP contribution in [-0.4, -0.2) is 29.6 Å². The van der Waals surface area contributed by atoms with E-state index in [-0.39, 0.29) is 0 Å². The predicted molar refractivity (Wildman–Crippen MR) is 83.8 cm³/mol. The minimum absolute atomic E-state index is 0.675. The van der Waals surface area contributed by atoms with Crippen molar-refractivity contribution in [3.63, 3.8) is 0 Å². The van der Waals surface area contributed by atoms with Crippen molar-refractivity contribution in [2.75, 3.05) is 24.5 Å². The number of hydrogen-bond donors (Lipinski definition) is 1. The van der Waals surface area contributed by atoms with Gasteiger partial charge in [0, 0.05) is 37.6 Å². The highest BCUT2D eigenvalue weighted by Crippen LogP contribution is 2.30. The van der Waals surface area contributed by atoms with Gasteiger partial charge in [0.05, 0.1) is 0 Å². The van der Waals surface area contributed by atoms with Crippen molar-refractivity contribution in [2.24, 2.45) is 11.8 Å². The lowest BCUT2D eigenvalue weighted by atomic mass is 10.2. The van der Waals surface area contributed by atoms with Gasteiger partial charge in [-0.15, -0.1) is 0 Å². The Morgan fingerprint density at radius 3 is 2.55 bits per heavy atom. The van der Waals surface area contributed by atoms with Crippen molar-refractivity contribution < 1.29 is 0 Å². The van der Waals surface area contributed by atoms with E-state index < -0.39 is 0 Å². The third kappa shape index (κ3) is 5.08. The van der Waals surface area contributed by atoms with E-state index in [0.29, 0.717) is 5.92 Å². The second kappa shape index (κ2) is 7.58. The van der Waals surface area contributed by atoms with Crippen molar-refractivity contribution in [3.8, 4) is 0 Å². The van der Waals surface area contributed by atoms with Crippen LogP contribution in [0.5, 0.6) is 0 Å². The van der Waals surface area contributed by atoms with Crippen LogP contribution in [-0.2, 0) is 6.54 Å². The van der Waals surface area contributed by atoms with Crippen LogP contribution in [0.3, 0.4) is 0 Å². The average Bonchev–Trinajstić information content (AvgIpc) is 3.23. The molecule has 1 aromatic heterocycles. The van der Waals surface area contributed by atoms with Gasteiger partial charge in [0.1, 0.15) is 0 Å². The molecule has 112 valence electrons. The lowest BCUT2D eigenvalue weighted by molar-refractivity contribution is 0.551. The third-order valence-corrected chi connectivity index (χ3v) is 3.53. The van der Waals surface area contributed by atoms with E-state index in [9.17, 15) is 0 Å². The molecule has 0 aromatic carbocycles. The van der Waals surface area contributed by atoms with Crippen molar-refractivity contribution >= 4 is 5.95 Å². The lowest BCUT2D eigenvalue weighted by Gasteiger charge is -2.21. The molecular weight excluding hydrogens is 248 g/mol. The van der Waals surface area contributed by atoms with E-state index in [0.717, 1.165) is 50.0 Å². The molecule has 4 nitrogen and oxygen atoms in total. The van der Waals surface area contributed by atoms with Crippen LogP contribution in [0.25, 0.3) is 0 Å². The Hall–Kier alpha value is -1.16. The van der Waals surface area contributed by atoms with Crippen molar-refractivity contribution in [1.29, 1.82) is 0 Å². The van der Waals surface area contributed by atoms with Gasteiger partial charge in [0.15, 0.2) is 0 Å². The molecule has 0 saturated heterocycles. The van der Waals surface area contributed by atoms with E-state index in [1.807, 2.05) is 12.4 Å². The first-order chi connectivity index (χ1) is 9.69. The Bertz CT molecular complexity index is 384. The third-order valence-electron chi connectivity index (χ3n) is 3.53. The molecule has 4 heteroatoms. The first-order valence-corrected chi connectivity index (χ1v) is 7.95. The molecule has 1 aliphatic carbocycles. The van der Waals surface area contributed by atoms with Gasteiger partial charge in [0.2, 0.25) is 5.95 Å². The van der Waals surface area contributed by atoms with Crippen LogP contribution in [0.15, 0.2) is 12.4 Å². The summed E-state index contributed by atoms with van der Waals surface area (Å²) in [6.07, 6.45) is 7.82. The fraction of sp³-hybridized carbons (Fsp3) is 0.750. The smallest absolute Gasteiger partial charge is 0.225 e. The Morgan fingerprint density at radius 1 is 1.30 bits per heavy atom. The lowest BCUT2D eigenvalue weighted by Crippen LogP contribution is -2.28. The predicted octanol–water partition coefficient (Wildman–Crippen LogP) is 2.85. The molecule has 20 heavy (non-hydrogen) atoms. The highest BCUT2D eigenvalue weighted by atomic mass is 15.2. The number of nitrogens with zero attached hydrogens (tertiary/aromatic N) is 3. The van der Waals surface area contributed by atoms with Crippen molar-refractivity contribution in [1.82, 2.24) is 15.3 Å². The van der Waals surface area contributed by atoms with Gasteiger partial charge >= 0.3 is 0 Å². The summed E-state index contributed by atoms with van der Waals surface area (Å²) in [4.78, 5) is 11.4. The Kier molecular flexibility index (Phi) is 5.77. The molecule has 1 aliphatic rings. The summed E-state index contributed by atoms with van der Waals surface area (Å²) in [5.74, 6) is 2.44. The molecule has 1 N–H and O–H groups in total. The van der Waals surface area contributed by atoms with Crippen molar-refractivity contribution in [3.05, 3.63) is 18.0 Å². The maximum Gasteiger partial charge on any atom is 0.225 e. The van der Waals surface area contributed by atoms with Crippen LogP contribution < -0.4 is 10.2 Å². The van der Waals surface area contributed by atoms with Crippen LogP contribution in [0.2, 0.25) is 0 Å². The number of aromatic nitrogens is 2. The molecule has 0 amide bonds. The summed E-state index contributed by atoms with van der Waals surface area (Å²) in [7, 11) is 0. The van der Waals surface area contributed by atoms with Gasteiger partial charge in [-0.2, -0.15) is 0 Å². The zero-order valence-electron chi connectivity index (χ0n) is 13.1. The van der Waals surface area contributed by atoms with Gasteiger partial charge in [-0.05, 0) is 37.6 Å². The summed E-state index contributed by atoms with van der Waals surface area (Å²) < 4.78 is 0. The Morgan fingerprint density at radius 2 is 2.00 bits per heavy atom. The zero-order valence-corrected chi connectivity index (χ0v) is 13.1. The average molecular weight is 276 g/mol. The fourth-order valence-electron chi connectivity index (χ4n) is 2.26. The normalized spacial score (nSPS) is 14.8. The fourth-order valence-corrected chi connectivity index (χ4v) is 2.26. The summed E-state index contributed by atoms with van der Waals surface area (Å²) in [5.41, 5.74) is 1.16. The molecule has 1 saturated carbocycles. The van der Waals surface area contributed by atoms with Crippen LogP contribution in [0, 0.1) is 11.8 Å². The molecule has 0 atom stereocenters. The number of rotatable bonds is 9. The van der Waals surface area contributed by atoms with E-state index >= 15 is 0 Å². The summed E-state index contributed by atoms with van der Waals surface area (Å²) in [5, 5.41) is 3.42. The maximum absolute atomic E-state index is 4.55. The van der Waals surface area contributed by atoms with E-state index in [2.05, 4.69) is 41.0 Å². The molecule has 1 fully saturated rings. The van der Waals surface area contributed by atoms with Gasteiger partial charge in [-0.1, -0.05) is 20.8 Å². The molecule has 1 aromatic rings. The van der Waals surface area contributed by atoms with Gasteiger partial charge in [-0.3, -0.25) is 0 Å². The van der Waals surface area contributed by atoms with E-state index in [4.69, 9.17) is 0 Å². The molecular formula is C16H28N4. The van der Waals surface area contributed by atoms with Gasteiger partial charge in [0.25, 0.3) is 0 Å². The SMILES string of the molecule is CCCN(CC1CC1)c1ncc(CNCC(C)C)cn1. The molecule has 1 heterocycles. The van der Waals surface area contributed by atoms with Crippen LogP contribution in [0.4, 0.5) is 5.95 Å². The Balaban J connectivity index is 1.87. The van der Waals surface area contributed by atoms with Crippen molar-refractivity contribution in [2.45, 2.75) is 46.6 Å². The quantitative estimate of drug-likeness (QED) is 0.753. The summed E-state index contributed by atoms with van der Waals surface area (Å²) in [6, 6.07) is 0. The molecule has 0 radical (unpaired) electrons. The van der Waals surface area contributed by atoms with E-state index in [1.165, 1.54) is 12.8 Å². The van der Waals surface area contributed by atoms with Gasteiger partial charge in [-0.25, -0.2) is 9.97 Å². The number of anilines is 1. The largest absolute Gasteiger partial charge is 0.341 e. The van der Waals surface area contributed by atoms with Crippen LogP contribution >= 0.6 is 0 Å². The minimum Gasteiger partial charge on any atom is -0.341 e. The zero-order chi connectivity index (χ0) is 14.4. The monoisotopic (exact) mass is 276 g/mol. The topological polar surface area (TPSA) is 41.1 Å². The molecule has 0 bridgehead atoms. The standard InChI is InChI=1S/C16H28N4/c1-4-7-20(12-14-5-6-14)16-18-10-15(11-19-16)9-17-8-13(2)3/h10-11,13-14,17H,4-9,12H2,1-3H3. The number of nitrogens with one attached hydrogen (secondary N) is 1. The highest BCUT2D eigenvalue weighted by molar-refractivity contribution is 5.30. The molecule has 0 spiro atoms. The minimum atomic E-state index is 0.675. The highest BCUT2D eigenvalue weighted by Gasteiger charge is 2.25. The maximum atomic E-state index is 4.55. The molecule has 0 aliphatic heterocycles. The van der Waals surface area contributed by atoms with Crippen LogP contribution in [0.1, 0.15) is 45.6 Å². The molecule has 0 unspecified atom stereocenters. The van der Waals surface area contributed by atoms with Gasteiger partial charge < -0.3 is 10.2 Å². The summed E-state index contributed by atoms with van der Waals surface area (Å²) in [6.45, 7) is 10.7. The summed E-state index contributed by atoms with van der Waals surface area (Å²) >= 11 is 0. The second-order valence-electron chi connectivity index (χ2n) is 6.31. The molecule has 2 rings (SSSR count). The second-order valence-corrected chi connectivity index (χ2v) is 6.31.